The Kier molecular flexibility index (Phi) is 3.67. The van der Waals surface area contributed by atoms with Gasteiger partial charge < -0.3 is 15.2 Å². The molecule has 16 heavy (non-hydrogen) atoms. The van der Waals surface area contributed by atoms with Crippen LogP contribution in [0.4, 0.5) is 0 Å². The molecule has 1 aliphatic carbocycles. The maximum Gasteiger partial charge on any atom is 0.161 e. The molecule has 1 aliphatic rings. The number of hydrogen-bond donors (Lipinski definition) is 1. The minimum Gasteiger partial charge on any atom is -0.490 e. The zero-order valence-corrected chi connectivity index (χ0v) is 9.69. The summed E-state index contributed by atoms with van der Waals surface area (Å²) in [5.74, 6) is 1.68. The average Bonchev–Trinajstić information content (AvgIpc) is 2.26. The Morgan fingerprint density at radius 1 is 1.25 bits per heavy atom. The Morgan fingerprint density at radius 3 is 2.56 bits per heavy atom. The van der Waals surface area contributed by atoms with E-state index in [1.807, 2.05) is 24.3 Å². The van der Waals surface area contributed by atoms with E-state index in [9.17, 15) is 0 Å². The molecule has 3 nitrogen and oxygen atoms in total. The van der Waals surface area contributed by atoms with Crippen LogP contribution in [0.3, 0.4) is 0 Å². The van der Waals surface area contributed by atoms with Crippen molar-refractivity contribution in [1.82, 2.24) is 0 Å². The smallest absolute Gasteiger partial charge is 0.161 e. The summed E-state index contributed by atoms with van der Waals surface area (Å²) >= 11 is 0. The number of para-hydroxylation sites is 2. The summed E-state index contributed by atoms with van der Waals surface area (Å²) in [4.78, 5) is 0. The minimum absolute atomic E-state index is 0.265. The average molecular weight is 221 g/mol. The predicted octanol–water partition coefficient (Wildman–Crippen LogP) is 2.34. The topological polar surface area (TPSA) is 44.5 Å². The Morgan fingerprint density at radius 2 is 1.94 bits per heavy atom. The van der Waals surface area contributed by atoms with Gasteiger partial charge in [-0.25, -0.2) is 0 Å². The van der Waals surface area contributed by atoms with Gasteiger partial charge in [0.15, 0.2) is 11.5 Å². The molecule has 1 saturated carbocycles. The van der Waals surface area contributed by atoms with Gasteiger partial charge in [-0.15, -0.1) is 0 Å². The minimum atomic E-state index is 0.265. The van der Waals surface area contributed by atoms with Crippen molar-refractivity contribution in [3.63, 3.8) is 0 Å². The van der Waals surface area contributed by atoms with Gasteiger partial charge in [-0.05, 0) is 31.4 Å². The first-order valence-corrected chi connectivity index (χ1v) is 5.93. The first-order chi connectivity index (χ1) is 7.79. The van der Waals surface area contributed by atoms with E-state index in [2.05, 4.69) is 6.92 Å². The molecule has 0 saturated heterocycles. The molecular weight excluding hydrogens is 202 g/mol. The molecule has 88 valence electrons. The van der Waals surface area contributed by atoms with E-state index in [0.717, 1.165) is 37.4 Å². The lowest BCUT2D eigenvalue weighted by atomic mass is 9.90. The fourth-order valence-corrected chi connectivity index (χ4v) is 1.76. The van der Waals surface area contributed by atoms with Crippen molar-refractivity contribution >= 4 is 0 Å². The molecule has 0 unspecified atom stereocenters. The molecule has 2 rings (SSSR count). The van der Waals surface area contributed by atoms with Gasteiger partial charge in [0.2, 0.25) is 0 Å². The van der Waals surface area contributed by atoms with E-state index < -0.39 is 0 Å². The normalized spacial score (nSPS) is 23.6. The molecule has 1 aromatic carbocycles. The van der Waals surface area contributed by atoms with Gasteiger partial charge in [0.25, 0.3) is 0 Å². The first kappa shape index (κ1) is 11.3. The molecule has 0 atom stereocenters. The number of ether oxygens (including phenoxy) is 2. The fraction of sp³-hybridized carbons (Fsp3) is 0.538. The van der Waals surface area contributed by atoms with Gasteiger partial charge in [-0.1, -0.05) is 19.1 Å². The van der Waals surface area contributed by atoms with Crippen LogP contribution in [0, 0.1) is 0 Å². The summed E-state index contributed by atoms with van der Waals surface area (Å²) < 4.78 is 11.5. The Balaban J connectivity index is 1.96. The summed E-state index contributed by atoms with van der Waals surface area (Å²) in [6.07, 6.45) is 3.16. The quantitative estimate of drug-likeness (QED) is 0.830. The fourth-order valence-electron chi connectivity index (χ4n) is 1.76. The van der Waals surface area contributed by atoms with Crippen LogP contribution in [-0.4, -0.2) is 18.8 Å². The van der Waals surface area contributed by atoms with Gasteiger partial charge in [0, 0.05) is 6.04 Å². The van der Waals surface area contributed by atoms with Crippen LogP contribution < -0.4 is 15.2 Å². The van der Waals surface area contributed by atoms with Crippen LogP contribution in [-0.2, 0) is 0 Å². The standard InChI is InChI=1S/C13H19NO2/c1-2-7-15-12-5-3-4-6-13(12)16-11-8-10(14)9-11/h3-6,10-11H,2,7-9,14H2,1H3. The second-order valence-electron chi connectivity index (χ2n) is 4.27. The lowest BCUT2D eigenvalue weighted by Crippen LogP contribution is -2.43. The van der Waals surface area contributed by atoms with Crippen molar-refractivity contribution in [2.75, 3.05) is 6.61 Å². The van der Waals surface area contributed by atoms with Crippen LogP contribution in [0.25, 0.3) is 0 Å². The number of nitrogens with two attached hydrogens (primary N) is 1. The molecule has 1 fully saturated rings. The van der Waals surface area contributed by atoms with Crippen LogP contribution in [0.1, 0.15) is 26.2 Å². The highest BCUT2D eigenvalue weighted by atomic mass is 16.5. The first-order valence-electron chi connectivity index (χ1n) is 5.93. The predicted molar refractivity (Wildman–Crippen MR) is 63.9 cm³/mol. The molecule has 0 bridgehead atoms. The summed E-state index contributed by atoms with van der Waals surface area (Å²) in [5, 5.41) is 0. The maximum absolute atomic E-state index is 5.84. The van der Waals surface area contributed by atoms with Crippen molar-refractivity contribution in [2.45, 2.75) is 38.3 Å². The lowest BCUT2D eigenvalue weighted by Gasteiger charge is -2.33. The summed E-state index contributed by atoms with van der Waals surface area (Å²) in [6.45, 7) is 2.82. The molecule has 0 amide bonds. The number of benzene rings is 1. The maximum atomic E-state index is 5.84. The highest BCUT2D eigenvalue weighted by molar-refractivity contribution is 5.39. The Hall–Kier alpha value is -1.22. The van der Waals surface area contributed by atoms with E-state index in [-0.39, 0.29) is 6.10 Å². The van der Waals surface area contributed by atoms with Crippen molar-refractivity contribution in [2.24, 2.45) is 5.73 Å². The number of hydrogen-bond acceptors (Lipinski definition) is 3. The van der Waals surface area contributed by atoms with Gasteiger partial charge in [-0.2, -0.15) is 0 Å². The van der Waals surface area contributed by atoms with Crippen molar-refractivity contribution in [3.05, 3.63) is 24.3 Å². The largest absolute Gasteiger partial charge is 0.490 e. The van der Waals surface area contributed by atoms with Gasteiger partial charge in [-0.3, -0.25) is 0 Å². The highest BCUT2D eigenvalue weighted by Gasteiger charge is 2.28. The Bertz CT molecular complexity index is 334. The zero-order valence-electron chi connectivity index (χ0n) is 9.69. The van der Waals surface area contributed by atoms with Gasteiger partial charge in [0.1, 0.15) is 6.10 Å². The van der Waals surface area contributed by atoms with E-state index >= 15 is 0 Å². The van der Waals surface area contributed by atoms with Crippen LogP contribution in [0.5, 0.6) is 11.5 Å². The third-order valence-electron chi connectivity index (χ3n) is 2.74. The summed E-state index contributed by atoms with van der Waals surface area (Å²) in [5.41, 5.74) is 5.73. The van der Waals surface area contributed by atoms with Crippen LogP contribution >= 0.6 is 0 Å². The van der Waals surface area contributed by atoms with Crippen LogP contribution in [0.2, 0.25) is 0 Å². The van der Waals surface area contributed by atoms with E-state index in [0.29, 0.717) is 6.04 Å². The van der Waals surface area contributed by atoms with Crippen molar-refractivity contribution in [3.8, 4) is 11.5 Å². The van der Waals surface area contributed by atoms with Gasteiger partial charge in [0.05, 0.1) is 6.61 Å². The highest BCUT2D eigenvalue weighted by Crippen LogP contribution is 2.31. The molecule has 3 heteroatoms. The molecule has 0 spiro atoms. The third kappa shape index (κ3) is 2.67. The molecule has 2 N–H and O–H groups in total. The van der Waals surface area contributed by atoms with E-state index in [4.69, 9.17) is 15.2 Å². The van der Waals surface area contributed by atoms with Crippen molar-refractivity contribution < 1.29 is 9.47 Å². The SMILES string of the molecule is CCCOc1ccccc1OC1CC(N)C1. The zero-order chi connectivity index (χ0) is 11.4. The molecule has 0 aromatic heterocycles. The Labute approximate surface area is 96.5 Å². The monoisotopic (exact) mass is 221 g/mol. The molecule has 1 aromatic rings. The second kappa shape index (κ2) is 5.21. The molecular formula is C13H19NO2. The summed E-state index contributed by atoms with van der Waals surface area (Å²) in [6, 6.07) is 8.14. The third-order valence-corrected chi connectivity index (χ3v) is 2.74. The van der Waals surface area contributed by atoms with Gasteiger partial charge >= 0.3 is 0 Å². The second-order valence-corrected chi connectivity index (χ2v) is 4.27. The molecule has 0 heterocycles. The van der Waals surface area contributed by atoms with E-state index in [1.54, 1.807) is 0 Å². The summed E-state index contributed by atoms with van der Waals surface area (Å²) in [7, 11) is 0. The van der Waals surface area contributed by atoms with Crippen LogP contribution in [0.15, 0.2) is 24.3 Å². The lowest BCUT2D eigenvalue weighted by molar-refractivity contribution is 0.0961. The number of rotatable bonds is 5. The van der Waals surface area contributed by atoms with Crippen molar-refractivity contribution in [1.29, 1.82) is 0 Å². The van der Waals surface area contributed by atoms with E-state index in [1.165, 1.54) is 0 Å². The molecule has 0 aliphatic heterocycles. The molecule has 0 radical (unpaired) electrons.